The quantitative estimate of drug-likeness (QED) is 0.562. The summed E-state index contributed by atoms with van der Waals surface area (Å²) < 4.78 is 0. The number of ketones is 1. The zero-order valence-corrected chi connectivity index (χ0v) is 12.9. The summed E-state index contributed by atoms with van der Waals surface area (Å²) in [6.07, 6.45) is 12.3. The molecule has 126 valence electrons. The van der Waals surface area contributed by atoms with Crippen LogP contribution in [0.15, 0.2) is 71.9 Å². The molecule has 0 saturated carbocycles. The van der Waals surface area contributed by atoms with E-state index in [1.807, 2.05) is 0 Å². The Bertz CT molecular complexity index is 881. The minimum atomic E-state index is -1.27. The number of phenols is 1. The molecule has 0 spiro atoms. The highest BCUT2D eigenvalue weighted by Crippen LogP contribution is 2.19. The van der Waals surface area contributed by atoms with Gasteiger partial charge in [0.15, 0.2) is 5.78 Å². The maximum absolute atomic E-state index is 11.4. The van der Waals surface area contributed by atoms with E-state index in [1.165, 1.54) is 30.4 Å². The molecule has 0 atom stereocenters. The second-order valence-electron chi connectivity index (χ2n) is 5.05. The first kappa shape index (κ1) is 17.7. The molecule has 0 aromatic heterocycles. The summed E-state index contributed by atoms with van der Waals surface area (Å²) in [5.74, 6) is -3.34. The maximum Gasteiger partial charge on any atom is 0.339 e. The molecule has 1 aromatic rings. The van der Waals surface area contributed by atoms with Gasteiger partial charge >= 0.3 is 11.9 Å². The second-order valence-corrected chi connectivity index (χ2v) is 5.05. The van der Waals surface area contributed by atoms with Gasteiger partial charge in [0.25, 0.3) is 0 Å². The number of allylic oxidation sites excluding steroid dienone is 8. The summed E-state index contributed by atoms with van der Waals surface area (Å²) in [7, 11) is 0. The van der Waals surface area contributed by atoms with Crippen LogP contribution in [0.1, 0.15) is 15.9 Å². The van der Waals surface area contributed by atoms with E-state index in [2.05, 4.69) is 0 Å². The SMILES string of the molecule is O=C(O)C1=C/C(=C/C=C/C=C/c2ccc(O)c(C(=O)O)c2)C=CC1=O. The first-order valence-corrected chi connectivity index (χ1v) is 7.17. The number of aliphatic carboxylic acids is 1. The monoisotopic (exact) mass is 338 g/mol. The first-order valence-electron chi connectivity index (χ1n) is 7.17. The Morgan fingerprint density at radius 3 is 2.40 bits per heavy atom. The Morgan fingerprint density at radius 1 is 0.960 bits per heavy atom. The summed E-state index contributed by atoms with van der Waals surface area (Å²) in [5, 5.41) is 27.3. The molecule has 0 bridgehead atoms. The van der Waals surface area contributed by atoms with Gasteiger partial charge in [-0.15, -0.1) is 0 Å². The molecule has 1 aliphatic carbocycles. The predicted octanol–water partition coefficient (Wildman–Crippen LogP) is 2.74. The van der Waals surface area contributed by atoms with E-state index in [9.17, 15) is 19.5 Å². The van der Waals surface area contributed by atoms with Crippen molar-refractivity contribution >= 4 is 23.8 Å². The predicted molar refractivity (Wildman–Crippen MR) is 91.2 cm³/mol. The van der Waals surface area contributed by atoms with Crippen molar-refractivity contribution in [2.24, 2.45) is 0 Å². The summed E-state index contributed by atoms with van der Waals surface area (Å²) in [4.78, 5) is 33.2. The summed E-state index contributed by atoms with van der Waals surface area (Å²) >= 11 is 0. The third kappa shape index (κ3) is 4.65. The normalized spacial score (nSPS) is 15.9. The highest BCUT2D eigenvalue weighted by atomic mass is 16.4. The molecule has 3 N–H and O–H groups in total. The van der Waals surface area contributed by atoms with Crippen molar-refractivity contribution < 1.29 is 29.7 Å². The minimum Gasteiger partial charge on any atom is -0.507 e. The fourth-order valence-electron chi connectivity index (χ4n) is 2.04. The third-order valence-corrected chi connectivity index (χ3v) is 3.28. The Labute approximate surface area is 143 Å². The molecule has 0 fully saturated rings. The topological polar surface area (TPSA) is 112 Å². The number of hydrogen-bond acceptors (Lipinski definition) is 4. The van der Waals surface area contributed by atoms with Crippen LogP contribution in [0.4, 0.5) is 0 Å². The van der Waals surface area contributed by atoms with Crippen LogP contribution in [-0.2, 0) is 9.59 Å². The number of hydrogen-bond donors (Lipinski definition) is 3. The number of aromatic hydroxyl groups is 1. The zero-order chi connectivity index (χ0) is 18.4. The average molecular weight is 338 g/mol. The molecule has 25 heavy (non-hydrogen) atoms. The highest BCUT2D eigenvalue weighted by molar-refractivity contribution is 6.22. The van der Waals surface area contributed by atoms with E-state index in [0.717, 1.165) is 0 Å². The van der Waals surface area contributed by atoms with E-state index in [0.29, 0.717) is 11.1 Å². The first-order chi connectivity index (χ1) is 11.9. The Morgan fingerprint density at radius 2 is 1.72 bits per heavy atom. The van der Waals surface area contributed by atoms with E-state index in [-0.39, 0.29) is 16.9 Å². The molecule has 6 heteroatoms. The standard InChI is InChI=1S/C19H14O6/c20-16-8-6-12(10-14(16)18(22)23)4-2-1-3-5-13-7-9-17(21)15(11-13)19(24)25/h1-11,20H,(H,22,23)(H,24,25)/b3-1+,4-2+,13-5+. The molecule has 0 amide bonds. The Hall–Kier alpha value is -3.67. The van der Waals surface area contributed by atoms with Crippen LogP contribution < -0.4 is 0 Å². The van der Waals surface area contributed by atoms with Crippen molar-refractivity contribution in [2.75, 3.05) is 0 Å². The average Bonchev–Trinajstić information content (AvgIpc) is 2.56. The van der Waals surface area contributed by atoms with Crippen molar-refractivity contribution in [3.05, 3.63) is 83.0 Å². The largest absolute Gasteiger partial charge is 0.507 e. The van der Waals surface area contributed by atoms with Crippen LogP contribution >= 0.6 is 0 Å². The lowest BCUT2D eigenvalue weighted by molar-refractivity contribution is -0.134. The molecule has 0 saturated heterocycles. The molecule has 0 radical (unpaired) electrons. The number of carbonyl (C=O) groups excluding carboxylic acids is 1. The van der Waals surface area contributed by atoms with Gasteiger partial charge in [-0.1, -0.05) is 42.5 Å². The lowest BCUT2D eigenvalue weighted by Crippen LogP contribution is -2.12. The molecule has 0 heterocycles. The number of carboxylic acids is 2. The van der Waals surface area contributed by atoms with Gasteiger partial charge < -0.3 is 15.3 Å². The van der Waals surface area contributed by atoms with Crippen LogP contribution in [0.2, 0.25) is 0 Å². The summed E-state index contributed by atoms with van der Waals surface area (Å²) in [6, 6.07) is 4.22. The second kappa shape index (κ2) is 7.74. The molecule has 1 aliphatic rings. The van der Waals surface area contributed by atoms with Crippen LogP contribution in [0.5, 0.6) is 5.75 Å². The van der Waals surface area contributed by atoms with Crippen LogP contribution in [0.3, 0.4) is 0 Å². The van der Waals surface area contributed by atoms with Crippen molar-refractivity contribution in [3.63, 3.8) is 0 Å². The summed E-state index contributed by atoms with van der Waals surface area (Å²) in [5.41, 5.74) is 0.697. The number of carboxylic acid groups (broad SMARTS) is 2. The fourth-order valence-corrected chi connectivity index (χ4v) is 2.04. The molecule has 0 unspecified atom stereocenters. The van der Waals surface area contributed by atoms with E-state index >= 15 is 0 Å². The van der Waals surface area contributed by atoms with Crippen molar-refractivity contribution in [2.45, 2.75) is 0 Å². The lowest BCUT2D eigenvalue weighted by atomic mass is 10.0. The smallest absolute Gasteiger partial charge is 0.339 e. The fraction of sp³-hybridized carbons (Fsp3) is 0. The number of aromatic carboxylic acids is 1. The van der Waals surface area contributed by atoms with Crippen LogP contribution in [0.25, 0.3) is 6.08 Å². The zero-order valence-electron chi connectivity index (χ0n) is 12.9. The molecular weight excluding hydrogens is 324 g/mol. The van der Waals surface area contributed by atoms with E-state index < -0.39 is 17.7 Å². The van der Waals surface area contributed by atoms with Gasteiger partial charge in [-0.3, -0.25) is 4.79 Å². The third-order valence-electron chi connectivity index (χ3n) is 3.28. The van der Waals surface area contributed by atoms with Crippen molar-refractivity contribution in [1.29, 1.82) is 0 Å². The number of carbonyl (C=O) groups is 3. The van der Waals surface area contributed by atoms with Gasteiger partial charge in [-0.05, 0) is 35.4 Å². The molecular formula is C19H14O6. The molecule has 6 nitrogen and oxygen atoms in total. The van der Waals surface area contributed by atoms with Gasteiger partial charge in [0.1, 0.15) is 16.9 Å². The molecule has 1 aromatic carbocycles. The van der Waals surface area contributed by atoms with Gasteiger partial charge in [-0.2, -0.15) is 0 Å². The molecule has 0 aliphatic heterocycles. The van der Waals surface area contributed by atoms with E-state index in [4.69, 9.17) is 10.2 Å². The lowest BCUT2D eigenvalue weighted by Gasteiger charge is -2.03. The minimum absolute atomic E-state index is 0.184. The highest BCUT2D eigenvalue weighted by Gasteiger charge is 2.17. The van der Waals surface area contributed by atoms with Gasteiger partial charge in [0.05, 0.1) is 0 Å². The maximum atomic E-state index is 11.4. The van der Waals surface area contributed by atoms with Crippen molar-refractivity contribution in [1.82, 2.24) is 0 Å². The summed E-state index contributed by atoms with van der Waals surface area (Å²) in [6.45, 7) is 0. The molecule has 2 rings (SSSR count). The van der Waals surface area contributed by atoms with E-state index in [1.54, 1.807) is 36.4 Å². The Balaban J connectivity index is 2.09. The number of benzene rings is 1. The van der Waals surface area contributed by atoms with Crippen molar-refractivity contribution in [3.8, 4) is 5.75 Å². The number of rotatable bonds is 5. The Kier molecular flexibility index (Phi) is 5.47. The van der Waals surface area contributed by atoms with Crippen LogP contribution in [0, 0.1) is 0 Å². The van der Waals surface area contributed by atoms with Gasteiger partial charge in [-0.25, -0.2) is 9.59 Å². The van der Waals surface area contributed by atoms with Gasteiger partial charge in [0.2, 0.25) is 0 Å². The van der Waals surface area contributed by atoms with Crippen LogP contribution in [-0.4, -0.2) is 33.0 Å². The van der Waals surface area contributed by atoms with Gasteiger partial charge in [0, 0.05) is 0 Å².